The molecule has 18 heavy (non-hydrogen) atoms. The molecule has 0 saturated heterocycles. The molecule has 1 unspecified atom stereocenters. The number of esters is 1. The van der Waals surface area contributed by atoms with Crippen molar-refractivity contribution in [3.05, 3.63) is 17.9 Å². The third-order valence-electron chi connectivity index (χ3n) is 2.56. The molecule has 0 amide bonds. The summed E-state index contributed by atoms with van der Waals surface area (Å²) in [7, 11) is -1.21. The zero-order valence-corrected chi connectivity index (χ0v) is 11.2. The van der Waals surface area contributed by atoms with Crippen LogP contribution in [0.3, 0.4) is 0 Å². The molecule has 0 aliphatic rings. The van der Waals surface area contributed by atoms with Crippen LogP contribution >= 0.6 is 0 Å². The summed E-state index contributed by atoms with van der Waals surface area (Å²) in [5, 5.41) is -0.314. The highest BCUT2D eigenvalue weighted by atomic mass is 32.2. The van der Waals surface area contributed by atoms with E-state index < -0.39 is 16.0 Å². The molecule has 1 rings (SSSR count). The Morgan fingerprint density at radius 2 is 2.17 bits per heavy atom. The number of nitrogens with two attached hydrogens (primary N) is 1. The SMILES string of the molecule is COC(=O)c1ccc(S(=O)(=O)N(C)C(C)CN)o1. The third-order valence-corrected chi connectivity index (χ3v) is 4.41. The predicted octanol–water partition coefficient (Wildman–Crippen LogP) is 0.0339. The molecule has 2 N–H and O–H groups in total. The maximum atomic E-state index is 12.1. The van der Waals surface area contributed by atoms with Gasteiger partial charge in [-0.3, -0.25) is 0 Å². The molecule has 0 aliphatic carbocycles. The Hall–Kier alpha value is -1.38. The molecule has 0 radical (unpaired) electrons. The number of hydrogen-bond donors (Lipinski definition) is 1. The first-order chi connectivity index (χ1) is 8.34. The van der Waals surface area contributed by atoms with Crippen LogP contribution in [0, 0.1) is 0 Å². The maximum absolute atomic E-state index is 12.1. The number of carbonyl (C=O) groups is 1. The first kappa shape index (κ1) is 14.7. The van der Waals surface area contributed by atoms with Crippen LogP contribution in [0.4, 0.5) is 0 Å². The van der Waals surface area contributed by atoms with E-state index in [2.05, 4.69) is 4.74 Å². The van der Waals surface area contributed by atoms with Gasteiger partial charge >= 0.3 is 5.97 Å². The Labute approximate surface area is 106 Å². The van der Waals surface area contributed by atoms with Crippen LogP contribution in [0.2, 0.25) is 0 Å². The van der Waals surface area contributed by atoms with Crippen molar-refractivity contribution < 1.29 is 22.4 Å². The van der Waals surface area contributed by atoms with Gasteiger partial charge in [-0.25, -0.2) is 13.2 Å². The zero-order valence-electron chi connectivity index (χ0n) is 10.4. The average molecular weight is 276 g/mol. The van der Waals surface area contributed by atoms with Crippen molar-refractivity contribution >= 4 is 16.0 Å². The van der Waals surface area contributed by atoms with Gasteiger partial charge in [-0.15, -0.1) is 0 Å². The van der Waals surface area contributed by atoms with Crippen LogP contribution in [0.25, 0.3) is 0 Å². The Bertz CT molecular complexity index is 522. The van der Waals surface area contributed by atoms with E-state index in [0.717, 1.165) is 4.31 Å². The summed E-state index contributed by atoms with van der Waals surface area (Å²) < 4.78 is 34.7. The Kier molecular flexibility index (Phi) is 4.49. The van der Waals surface area contributed by atoms with E-state index in [1.165, 1.54) is 26.3 Å². The number of hydrogen-bond acceptors (Lipinski definition) is 6. The molecule has 0 aliphatic heterocycles. The number of ether oxygens (including phenoxy) is 1. The summed E-state index contributed by atoms with van der Waals surface area (Å²) in [4.78, 5) is 11.2. The maximum Gasteiger partial charge on any atom is 0.374 e. The van der Waals surface area contributed by atoms with Crippen molar-refractivity contribution in [2.75, 3.05) is 20.7 Å². The van der Waals surface area contributed by atoms with Crippen LogP contribution in [0.1, 0.15) is 17.5 Å². The Morgan fingerprint density at radius 3 is 2.67 bits per heavy atom. The Balaban J connectivity index is 3.06. The minimum atomic E-state index is -3.79. The summed E-state index contributed by atoms with van der Waals surface area (Å²) in [6, 6.07) is 2.09. The minimum Gasteiger partial charge on any atom is -0.463 e. The van der Waals surface area contributed by atoms with Crippen LogP contribution in [0.5, 0.6) is 0 Å². The number of carbonyl (C=O) groups excluding carboxylic acids is 1. The van der Waals surface area contributed by atoms with Gasteiger partial charge in [-0.1, -0.05) is 0 Å². The molecule has 1 heterocycles. The largest absolute Gasteiger partial charge is 0.463 e. The van der Waals surface area contributed by atoms with Crippen molar-refractivity contribution in [2.24, 2.45) is 5.73 Å². The fraction of sp³-hybridized carbons (Fsp3) is 0.500. The molecule has 0 spiro atoms. The van der Waals surface area contributed by atoms with Gasteiger partial charge in [0.1, 0.15) is 0 Å². The summed E-state index contributed by atoms with van der Waals surface area (Å²) >= 11 is 0. The number of furan rings is 1. The normalized spacial score (nSPS) is 13.6. The van der Waals surface area contributed by atoms with E-state index in [1.54, 1.807) is 6.92 Å². The summed E-state index contributed by atoms with van der Waals surface area (Å²) in [5.74, 6) is -0.893. The van der Waals surface area contributed by atoms with Gasteiger partial charge in [-0.05, 0) is 19.1 Å². The topological polar surface area (TPSA) is 103 Å². The fourth-order valence-corrected chi connectivity index (χ4v) is 2.48. The molecule has 1 atom stereocenters. The first-order valence-corrected chi connectivity index (χ1v) is 6.64. The number of nitrogens with zero attached hydrogens (tertiary/aromatic N) is 1. The van der Waals surface area contributed by atoms with Gasteiger partial charge in [0.25, 0.3) is 10.0 Å². The lowest BCUT2D eigenvalue weighted by Gasteiger charge is -2.21. The van der Waals surface area contributed by atoms with Crippen molar-refractivity contribution in [1.82, 2.24) is 4.31 Å². The molecular weight excluding hydrogens is 260 g/mol. The highest BCUT2D eigenvalue weighted by molar-refractivity contribution is 7.89. The summed E-state index contributed by atoms with van der Waals surface area (Å²) in [5.41, 5.74) is 5.41. The molecule has 0 fully saturated rings. The second-order valence-corrected chi connectivity index (χ2v) is 5.64. The zero-order chi connectivity index (χ0) is 13.9. The van der Waals surface area contributed by atoms with Crippen LogP contribution in [0.15, 0.2) is 21.6 Å². The smallest absolute Gasteiger partial charge is 0.374 e. The molecule has 102 valence electrons. The standard InChI is InChI=1S/C10H16N2O5S/c1-7(6-11)12(2)18(14,15)9-5-4-8(17-9)10(13)16-3/h4-5,7H,6,11H2,1-3H3. The van der Waals surface area contributed by atoms with Gasteiger partial charge in [-0.2, -0.15) is 4.31 Å². The lowest BCUT2D eigenvalue weighted by molar-refractivity contribution is 0.0558. The molecule has 0 saturated carbocycles. The van der Waals surface area contributed by atoms with Gasteiger partial charge in [0, 0.05) is 19.6 Å². The third kappa shape index (κ3) is 2.71. The van der Waals surface area contributed by atoms with E-state index in [1.807, 2.05) is 0 Å². The highest BCUT2D eigenvalue weighted by Crippen LogP contribution is 2.19. The molecule has 7 nitrogen and oxygen atoms in total. The van der Waals surface area contributed by atoms with E-state index in [-0.39, 0.29) is 23.4 Å². The second kappa shape index (κ2) is 5.51. The first-order valence-electron chi connectivity index (χ1n) is 5.20. The van der Waals surface area contributed by atoms with Crippen LogP contribution < -0.4 is 5.73 Å². The molecule has 1 aromatic heterocycles. The Morgan fingerprint density at radius 1 is 1.56 bits per heavy atom. The molecule has 8 heteroatoms. The molecule has 0 aromatic carbocycles. The van der Waals surface area contributed by atoms with E-state index in [9.17, 15) is 13.2 Å². The van der Waals surface area contributed by atoms with E-state index in [0.29, 0.717) is 0 Å². The number of sulfonamides is 1. The monoisotopic (exact) mass is 276 g/mol. The predicted molar refractivity (Wildman–Crippen MR) is 63.5 cm³/mol. The number of likely N-dealkylation sites (N-methyl/N-ethyl adjacent to an activating group) is 1. The van der Waals surface area contributed by atoms with Gasteiger partial charge in [0.2, 0.25) is 10.9 Å². The fourth-order valence-electron chi connectivity index (χ4n) is 1.20. The van der Waals surface area contributed by atoms with E-state index >= 15 is 0 Å². The second-order valence-electron chi connectivity index (χ2n) is 3.72. The highest BCUT2D eigenvalue weighted by Gasteiger charge is 2.28. The minimum absolute atomic E-state index is 0.162. The quantitative estimate of drug-likeness (QED) is 0.761. The molecule has 1 aromatic rings. The van der Waals surface area contributed by atoms with Crippen molar-refractivity contribution in [3.8, 4) is 0 Å². The average Bonchev–Trinajstić information content (AvgIpc) is 2.86. The van der Waals surface area contributed by atoms with Crippen molar-refractivity contribution in [3.63, 3.8) is 0 Å². The van der Waals surface area contributed by atoms with E-state index in [4.69, 9.17) is 10.2 Å². The summed E-state index contributed by atoms with van der Waals surface area (Å²) in [6.45, 7) is 1.85. The van der Waals surface area contributed by atoms with Crippen molar-refractivity contribution in [2.45, 2.75) is 18.1 Å². The van der Waals surface area contributed by atoms with Gasteiger partial charge in [0.05, 0.1) is 7.11 Å². The number of rotatable bonds is 5. The molecular formula is C10H16N2O5S. The lowest BCUT2D eigenvalue weighted by atomic mass is 10.4. The van der Waals surface area contributed by atoms with Crippen LogP contribution in [-0.4, -0.2) is 45.4 Å². The van der Waals surface area contributed by atoms with Gasteiger partial charge in [0.15, 0.2) is 0 Å². The van der Waals surface area contributed by atoms with Crippen molar-refractivity contribution in [1.29, 1.82) is 0 Å². The molecule has 0 bridgehead atoms. The van der Waals surface area contributed by atoms with Gasteiger partial charge < -0.3 is 14.9 Å². The lowest BCUT2D eigenvalue weighted by Crippen LogP contribution is -2.39. The van der Waals surface area contributed by atoms with Crippen LogP contribution in [-0.2, 0) is 14.8 Å². The summed E-state index contributed by atoms with van der Waals surface area (Å²) in [6.07, 6.45) is 0. The number of methoxy groups -OCH3 is 1.